The van der Waals surface area contributed by atoms with E-state index in [1.807, 2.05) is 27.9 Å². The van der Waals surface area contributed by atoms with Crippen LogP contribution in [0.1, 0.15) is 50.2 Å². The summed E-state index contributed by atoms with van der Waals surface area (Å²) in [7, 11) is 3.97. The van der Waals surface area contributed by atoms with E-state index < -0.39 is 11.7 Å². The van der Waals surface area contributed by atoms with Crippen LogP contribution in [0.25, 0.3) is 0 Å². The number of halogens is 4. The van der Waals surface area contributed by atoms with Crippen LogP contribution in [0, 0.1) is 0 Å². The maximum atomic E-state index is 13.0. The van der Waals surface area contributed by atoms with Gasteiger partial charge in [0.2, 0.25) is 0 Å². The van der Waals surface area contributed by atoms with Gasteiger partial charge in [0, 0.05) is 11.1 Å². The summed E-state index contributed by atoms with van der Waals surface area (Å²) in [5.74, 6) is 0.0132. The van der Waals surface area contributed by atoms with Crippen LogP contribution in [0.4, 0.5) is 13.2 Å². The van der Waals surface area contributed by atoms with E-state index in [1.54, 1.807) is 0 Å². The summed E-state index contributed by atoms with van der Waals surface area (Å²) in [4.78, 5) is 2.10. The number of nitrogens with zero attached hydrogens (tertiary/aromatic N) is 1. The van der Waals surface area contributed by atoms with Gasteiger partial charge in [0.15, 0.2) is 0 Å². The number of hydrogen-bond donors (Lipinski definition) is 0. The highest BCUT2D eigenvalue weighted by Gasteiger charge is 2.36. The van der Waals surface area contributed by atoms with E-state index in [1.165, 1.54) is 12.1 Å². The van der Waals surface area contributed by atoms with Gasteiger partial charge in [0.25, 0.3) is 0 Å². The molecule has 24 heavy (non-hydrogen) atoms. The Kier molecular flexibility index (Phi) is 6.21. The third-order valence-electron chi connectivity index (χ3n) is 4.63. The maximum absolute atomic E-state index is 13.0. The van der Waals surface area contributed by atoms with Gasteiger partial charge in [-0.05, 0) is 76.9 Å². The summed E-state index contributed by atoms with van der Waals surface area (Å²) in [5, 5.41) is 0.411. The van der Waals surface area contributed by atoms with E-state index >= 15 is 0 Å². The molecule has 2 rings (SSSR count). The summed E-state index contributed by atoms with van der Waals surface area (Å²) in [6.45, 7) is 4.00. The lowest BCUT2D eigenvalue weighted by atomic mass is 9.79. The summed E-state index contributed by atoms with van der Waals surface area (Å²) in [5.41, 5.74) is -0.0369. The van der Waals surface area contributed by atoms with Gasteiger partial charge in [0.1, 0.15) is 0 Å². The minimum atomic E-state index is -4.35. The number of rotatable bonds is 4. The van der Waals surface area contributed by atoms with Crippen molar-refractivity contribution in [3.8, 4) is 0 Å². The fourth-order valence-electron chi connectivity index (χ4n) is 3.49. The molecule has 2 nitrogen and oxygen atoms in total. The van der Waals surface area contributed by atoms with Gasteiger partial charge in [-0.25, -0.2) is 0 Å². The van der Waals surface area contributed by atoms with E-state index in [2.05, 4.69) is 4.90 Å². The van der Waals surface area contributed by atoms with Crippen LogP contribution in [-0.2, 0) is 10.9 Å². The highest BCUT2D eigenvalue weighted by molar-refractivity contribution is 6.31. The van der Waals surface area contributed by atoms with E-state index in [-0.39, 0.29) is 24.2 Å². The Balaban J connectivity index is 2.24. The second-order valence-electron chi connectivity index (χ2n) is 7.00. The van der Waals surface area contributed by atoms with Crippen LogP contribution in [0.2, 0.25) is 5.02 Å². The molecule has 3 atom stereocenters. The van der Waals surface area contributed by atoms with Crippen molar-refractivity contribution in [3.05, 3.63) is 34.3 Å². The predicted octanol–water partition coefficient (Wildman–Crippen LogP) is 5.35. The summed E-state index contributed by atoms with van der Waals surface area (Å²) in [6, 6.07) is 3.78. The molecule has 0 aliphatic heterocycles. The molecular formula is C18H25ClF3NO. The van der Waals surface area contributed by atoms with Gasteiger partial charge < -0.3 is 9.64 Å². The zero-order chi connectivity index (χ0) is 18.1. The molecule has 0 bridgehead atoms. The Bertz CT molecular complexity index is 560. The first-order valence-corrected chi connectivity index (χ1v) is 8.66. The molecule has 136 valence electrons. The Hall–Kier alpha value is -0.780. The van der Waals surface area contributed by atoms with Crippen LogP contribution < -0.4 is 0 Å². The van der Waals surface area contributed by atoms with Crippen LogP contribution in [0.5, 0.6) is 0 Å². The van der Waals surface area contributed by atoms with Crippen molar-refractivity contribution in [2.75, 3.05) is 14.1 Å². The first-order valence-electron chi connectivity index (χ1n) is 8.28. The van der Waals surface area contributed by atoms with Gasteiger partial charge in [-0.1, -0.05) is 11.6 Å². The molecule has 0 unspecified atom stereocenters. The van der Waals surface area contributed by atoms with Crippen LogP contribution in [-0.4, -0.2) is 37.2 Å². The number of benzene rings is 1. The normalized spacial score (nSPS) is 25.5. The summed E-state index contributed by atoms with van der Waals surface area (Å²) in [6.07, 6.45) is -1.78. The predicted molar refractivity (Wildman–Crippen MR) is 90.5 cm³/mol. The molecular weight excluding hydrogens is 339 g/mol. The number of likely N-dealkylation sites (N-methyl/N-ethyl adjacent to an activating group) is 1. The standard InChI is InChI=1S/C18H25ClF3NO/c1-11(2)24-17-8-5-12(9-16(17)23(3)4)14-10-13(18(20,21)22)6-7-15(14)19/h6-7,10-12,16-17H,5,8-9H2,1-4H3/t12-,16-,17-/m0/s1. The topological polar surface area (TPSA) is 12.5 Å². The summed E-state index contributed by atoms with van der Waals surface area (Å²) >= 11 is 6.22. The van der Waals surface area contributed by atoms with Crippen molar-refractivity contribution in [2.45, 2.75) is 63.5 Å². The van der Waals surface area contributed by atoms with Gasteiger partial charge in [-0.3, -0.25) is 0 Å². The molecule has 0 spiro atoms. The lowest BCUT2D eigenvalue weighted by molar-refractivity contribution is -0.137. The van der Waals surface area contributed by atoms with E-state index in [9.17, 15) is 13.2 Å². The number of hydrogen-bond acceptors (Lipinski definition) is 2. The fraction of sp³-hybridized carbons (Fsp3) is 0.667. The van der Waals surface area contributed by atoms with Gasteiger partial charge in [-0.2, -0.15) is 13.2 Å². The Morgan fingerprint density at radius 2 is 1.88 bits per heavy atom. The van der Waals surface area contributed by atoms with Crippen molar-refractivity contribution in [2.24, 2.45) is 0 Å². The minimum Gasteiger partial charge on any atom is -0.374 e. The lowest BCUT2D eigenvalue weighted by Crippen LogP contribution is -2.45. The fourth-order valence-corrected chi connectivity index (χ4v) is 3.76. The van der Waals surface area contributed by atoms with E-state index in [4.69, 9.17) is 16.3 Å². The van der Waals surface area contributed by atoms with Crippen molar-refractivity contribution >= 4 is 11.6 Å². The third-order valence-corrected chi connectivity index (χ3v) is 4.97. The van der Waals surface area contributed by atoms with E-state index in [0.29, 0.717) is 10.6 Å². The van der Waals surface area contributed by atoms with Crippen molar-refractivity contribution in [1.29, 1.82) is 0 Å². The smallest absolute Gasteiger partial charge is 0.374 e. The number of ether oxygens (including phenoxy) is 1. The second-order valence-corrected chi connectivity index (χ2v) is 7.41. The SMILES string of the molecule is CC(C)O[C@H]1CC[C@H](c2cc(C(F)(F)F)ccc2Cl)C[C@@H]1N(C)C. The zero-order valence-corrected chi connectivity index (χ0v) is 15.3. The second kappa shape index (κ2) is 7.63. The highest BCUT2D eigenvalue weighted by atomic mass is 35.5. The maximum Gasteiger partial charge on any atom is 0.416 e. The monoisotopic (exact) mass is 363 g/mol. The Morgan fingerprint density at radius 3 is 2.42 bits per heavy atom. The molecule has 1 aliphatic carbocycles. The zero-order valence-electron chi connectivity index (χ0n) is 14.5. The molecule has 1 aromatic carbocycles. The van der Waals surface area contributed by atoms with Crippen molar-refractivity contribution in [3.63, 3.8) is 0 Å². The molecule has 0 heterocycles. The molecule has 1 saturated carbocycles. The van der Waals surface area contributed by atoms with Crippen LogP contribution in [0.3, 0.4) is 0 Å². The van der Waals surface area contributed by atoms with Crippen LogP contribution in [0.15, 0.2) is 18.2 Å². The lowest BCUT2D eigenvalue weighted by Gasteiger charge is -2.40. The molecule has 0 N–H and O–H groups in total. The van der Waals surface area contributed by atoms with Gasteiger partial charge in [-0.15, -0.1) is 0 Å². The van der Waals surface area contributed by atoms with E-state index in [0.717, 1.165) is 25.3 Å². The third kappa shape index (κ3) is 4.64. The number of alkyl halides is 3. The quantitative estimate of drug-likeness (QED) is 0.715. The van der Waals surface area contributed by atoms with Crippen LogP contribution >= 0.6 is 11.6 Å². The minimum absolute atomic E-state index is 0.0132. The highest BCUT2D eigenvalue weighted by Crippen LogP contribution is 2.41. The summed E-state index contributed by atoms with van der Waals surface area (Å²) < 4.78 is 45.0. The molecule has 0 saturated heterocycles. The molecule has 1 aliphatic rings. The van der Waals surface area contributed by atoms with Gasteiger partial charge in [0.05, 0.1) is 17.8 Å². The molecule has 1 aromatic rings. The largest absolute Gasteiger partial charge is 0.416 e. The van der Waals surface area contributed by atoms with Crippen molar-refractivity contribution in [1.82, 2.24) is 4.90 Å². The average molecular weight is 364 g/mol. The van der Waals surface area contributed by atoms with Crippen molar-refractivity contribution < 1.29 is 17.9 Å². The molecule has 1 fully saturated rings. The Morgan fingerprint density at radius 1 is 1.21 bits per heavy atom. The first-order chi connectivity index (χ1) is 11.1. The molecule has 0 amide bonds. The molecule has 0 aromatic heterocycles. The average Bonchev–Trinajstić information content (AvgIpc) is 2.46. The molecule has 0 radical (unpaired) electrons. The Labute approximate surface area is 146 Å². The van der Waals surface area contributed by atoms with Gasteiger partial charge >= 0.3 is 6.18 Å². The first kappa shape index (κ1) is 19.5. The molecule has 6 heteroatoms.